The number of nitrogens with one attached hydrogen (secondary N) is 2. The van der Waals surface area contributed by atoms with Crippen LogP contribution >= 0.6 is 11.3 Å². The average Bonchev–Trinajstić information content (AvgIpc) is 3.36. The minimum atomic E-state index is -0.195. The SMILES string of the molecule is O=C(Nc1nncs1)[C@@H]1CCCN(C(=O)CCc2c[nH]c3ccccc23)C1. The summed E-state index contributed by atoms with van der Waals surface area (Å²) in [6.45, 7) is 1.19. The molecule has 3 heterocycles. The van der Waals surface area contributed by atoms with Crippen molar-refractivity contribution >= 4 is 39.2 Å². The summed E-state index contributed by atoms with van der Waals surface area (Å²) in [7, 11) is 0. The van der Waals surface area contributed by atoms with Gasteiger partial charge in [-0.1, -0.05) is 29.5 Å². The van der Waals surface area contributed by atoms with Crippen molar-refractivity contribution in [2.45, 2.75) is 25.7 Å². The first-order valence-corrected chi connectivity index (χ1v) is 9.98. The summed E-state index contributed by atoms with van der Waals surface area (Å²) in [5, 5.41) is 12.0. The first-order chi connectivity index (χ1) is 13.2. The predicted octanol–water partition coefficient (Wildman–Crippen LogP) is 2.83. The Balaban J connectivity index is 1.33. The number of aromatic nitrogens is 3. The maximum absolute atomic E-state index is 12.7. The molecule has 7 nitrogen and oxygen atoms in total. The van der Waals surface area contributed by atoms with E-state index in [-0.39, 0.29) is 17.7 Å². The number of aryl methyl sites for hydroxylation is 1. The number of aromatic amines is 1. The molecule has 0 spiro atoms. The fraction of sp³-hybridized carbons (Fsp3) is 0.368. The van der Waals surface area contributed by atoms with Gasteiger partial charge in [0.05, 0.1) is 5.92 Å². The summed E-state index contributed by atoms with van der Waals surface area (Å²) in [4.78, 5) is 30.2. The van der Waals surface area contributed by atoms with E-state index in [1.165, 1.54) is 16.7 Å². The highest BCUT2D eigenvalue weighted by Crippen LogP contribution is 2.22. The molecule has 27 heavy (non-hydrogen) atoms. The van der Waals surface area contributed by atoms with Crippen LogP contribution < -0.4 is 5.32 Å². The summed E-state index contributed by atoms with van der Waals surface area (Å²) in [6, 6.07) is 8.11. The van der Waals surface area contributed by atoms with Crippen molar-refractivity contribution in [2.75, 3.05) is 18.4 Å². The number of rotatable bonds is 5. The topological polar surface area (TPSA) is 91.0 Å². The number of H-pyrrole nitrogens is 1. The molecule has 2 amide bonds. The molecule has 1 aromatic carbocycles. The van der Waals surface area contributed by atoms with E-state index in [0.29, 0.717) is 24.5 Å². The molecule has 1 atom stereocenters. The van der Waals surface area contributed by atoms with E-state index in [4.69, 9.17) is 0 Å². The second-order valence-corrected chi connectivity index (χ2v) is 7.60. The Hall–Kier alpha value is -2.74. The average molecular weight is 383 g/mol. The molecule has 0 radical (unpaired) electrons. The Bertz CT molecular complexity index is 937. The van der Waals surface area contributed by atoms with Gasteiger partial charge < -0.3 is 15.2 Å². The minimum Gasteiger partial charge on any atom is -0.361 e. The standard InChI is InChI=1S/C19H21N5O2S/c25-17(8-7-13-10-20-16-6-2-1-5-15(13)16)24-9-3-4-14(11-24)18(26)22-19-23-21-12-27-19/h1-2,5-6,10,12,14,20H,3-4,7-9,11H2,(H,22,23,26)/t14-/m1/s1. The summed E-state index contributed by atoms with van der Waals surface area (Å²) in [5.74, 6) is -0.172. The van der Waals surface area contributed by atoms with Crippen LogP contribution in [0.4, 0.5) is 5.13 Å². The third-order valence-corrected chi connectivity index (χ3v) is 5.62. The lowest BCUT2D eigenvalue weighted by atomic mass is 9.96. The van der Waals surface area contributed by atoms with E-state index in [1.54, 1.807) is 5.51 Å². The van der Waals surface area contributed by atoms with E-state index in [2.05, 4.69) is 26.6 Å². The number of benzene rings is 1. The zero-order valence-electron chi connectivity index (χ0n) is 14.9. The first kappa shape index (κ1) is 17.7. The molecule has 0 aliphatic carbocycles. The minimum absolute atomic E-state index is 0.0825. The van der Waals surface area contributed by atoms with Crippen LogP contribution in [-0.2, 0) is 16.0 Å². The molecule has 1 aliphatic rings. The van der Waals surface area contributed by atoms with Crippen LogP contribution in [0.2, 0.25) is 0 Å². The quantitative estimate of drug-likeness (QED) is 0.709. The molecule has 4 rings (SSSR count). The number of fused-ring (bicyclic) bond motifs is 1. The molecular formula is C19H21N5O2S. The highest BCUT2D eigenvalue weighted by Gasteiger charge is 2.28. The van der Waals surface area contributed by atoms with Gasteiger partial charge in [-0.15, -0.1) is 10.2 Å². The number of anilines is 1. The molecule has 1 saturated heterocycles. The van der Waals surface area contributed by atoms with Crippen LogP contribution in [0.5, 0.6) is 0 Å². The summed E-state index contributed by atoms with van der Waals surface area (Å²) >= 11 is 1.29. The van der Waals surface area contributed by atoms with Crippen molar-refractivity contribution in [2.24, 2.45) is 5.92 Å². The number of nitrogens with zero attached hydrogens (tertiary/aromatic N) is 3. The number of carbonyl (C=O) groups excluding carboxylic acids is 2. The van der Waals surface area contributed by atoms with Gasteiger partial charge in [0.2, 0.25) is 16.9 Å². The third-order valence-electron chi connectivity index (χ3n) is 5.02. The molecule has 2 N–H and O–H groups in total. The van der Waals surface area contributed by atoms with Gasteiger partial charge in [0, 0.05) is 36.6 Å². The third kappa shape index (κ3) is 4.00. The van der Waals surface area contributed by atoms with Gasteiger partial charge >= 0.3 is 0 Å². The maximum Gasteiger partial charge on any atom is 0.231 e. The molecule has 140 valence electrons. The normalized spacial score (nSPS) is 17.2. The fourth-order valence-electron chi connectivity index (χ4n) is 3.59. The lowest BCUT2D eigenvalue weighted by Gasteiger charge is -2.32. The van der Waals surface area contributed by atoms with E-state index in [9.17, 15) is 9.59 Å². The first-order valence-electron chi connectivity index (χ1n) is 9.10. The smallest absolute Gasteiger partial charge is 0.231 e. The number of hydrogen-bond donors (Lipinski definition) is 2. The Kier molecular flexibility index (Phi) is 5.15. The summed E-state index contributed by atoms with van der Waals surface area (Å²) < 4.78 is 0. The van der Waals surface area contributed by atoms with Crippen LogP contribution in [-0.4, -0.2) is 45.0 Å². The van der Waals surface area contributed by atoms with E-state index in [1.807, 2.05) is 29.3 Å². The number of hydrogen-bond acceptors (Lipinski definition) is 5. The Morgan fingerprint density at radius 2 is 2.22 bits per heavy atom. The van der Waals surface area contributed by atoms with E-state index < -0.39 is 0 Å². The van der Waals surface area contributed by atoms with Gasteiger partial charge in [0.15, 0.2) is 0 Å². The Morgan fingerprint density at radius 3 is 3.07 bits per heavy atom. The van der Waals surface area contributed by atoms with Crippen LogP contribution in [0.3, 0.4) is 0 Å². The Morgan fingerprint density at radius 1 is 1.33 bits per heavy atom. The zero-order chi connectivity index (χ0) is 18.6. The molecule has 0 saturated carbocycles. The molecule has 1 aliphatic heterocycles. The molecule has 0 bridgehead atoms. The van der Waals surface area contributed by atoms with Crippen molar-refractivity contribution in [1.29, 1.82) is 0 Å². The molecule has 8 heteroatoms. The monoisotopic (exact) mass is 383 g/mol. The lowest BCUT2D eigenvalue weighted by Crippen LogP contribution is -2.43. The van der Waals surface area contributed by atoms with Gasteiger partial charge in [-0.05, 0) is 30.9 Å². The lowest BCUT2D eigenvalue weighted by molar-refractivity contribution is -0.134. The van der Waals surface area contributed by atoms with E-state index >= 15 is 0 Å². The molecule has 2 aromatic heterocycles. The van der Waals surface area contributed by atoms with Gasteiger partial charge in [0.25, 0.3) is 0 Å². The second-order valence-electron chi connectivity index (χ2n) is 6.77. The molecule has 0 unspecified atom stereocenters. The summed E-state index contributed by atoms with van der Waals surface area (Å²) in [6.07, 6.45) is 4.75. The van der Waals surface area contributed by atoms with Crippen LogP contribution in [0.25, 0.3) is 10.9 Å². The number of likely N-dealkylation sites (tertiary alicyclic amines) is 1. The van der Waals surface area contributed by atoms with Crippen molar-refractivity contribution in [3.63, 3.8) is 0 Å². The number of amides is 2. The Labute approximate surface area is 160 Å². The number of para-hydroxylation sites is 1. The second kappa shape index (κ2) is 7.87. The van der Waals surface area contributed by atoms with Crippen molar-refractivity contribution in [1.82, 2.24) is 20.1 Å². The van der Waals surface area contributed by atoms with Crippen LogP contribution in [0, 0.1) is 5.92 Å². The summed E-state index contributed by atoms with van der Waals surface area (Å²) in [5.41, 5.74) is 3.82. The van der Waals surface area contributed by atoms with Crippen molar-refractivity contribution < 1.29 is 9.59 Å². The molecular weight excluding hydrogens is 362 g/mol. The van der Waals surface area contributed by atoms with Crippen LogP contribution in [0.15, 0.2) is 36.0 Å². The largest absolute Gasteiger partial charge is 0.361 e. The highest BCUT2D eigenvalue weighted by molar-refractivity contribution is 7.13. The highest BCUT2D eigenvalue weighted by atomic mass is 32.1. The zero-order valence-corrected chi connectivity index (χ0v) is 15.7. The van der Waals surface area contributed by atoms with E-state index in [0.717, 1.165) is 30.5 Å². The van der Waals surface area contributed by atoms with Gasteiger partial charge in [0.1, 0.15) is 5.51 Å². The van der Waals surface area contributed by atoms with Crippen molar-refractivity contribution in [3.8, 4) is 0 Å². The molecule has 3 aromatic rings. The number of carbonyl (C=O) groups is 2. The maximum atomic E-state index is 12.7. The molecule has 1 fully saturated rings. The fourth-order valence-corrected chi connectivity index (χ4v) is 4.04. The van der Waals surface area contributed by atoms with Gasteiger partial charge in [-0.2, -0.15) is 0 Å². The number of piperidine rings is 1. The predicted molar refractivity (Wildman–Crippen MR) is 104 cm³/mol. The van der Waals surface area contributed by atoms with Gasteiger partial charge in [-0.3, -0.25) is 9.59 Å². The van der Waals surface area contributed by atoms with Crippen LogP contribution in [0.1, 0.15) is 24.8 Å². The van der Waals surface area contributed by atoms with Gasteiger partial charge in [-0.25, -0.2) is 0 Å². The van der Waals surface area contributed by atoms with Crippen molar-refractivity contribution in [3.05, 3.63) is 41.5 Å².